The highest BCUT2D eigenvalue weighted by molar-refractivity contribution is 6.06. The number of furan rings is 2. The minimum atomic E-state index is -0.310. The van der Waals surface area contributed by atoms with Crippen LogP contribution in [-0.2, 0) is 13.6 Å². The zero-order valence-electron chi connectivity index (χ0n) is 16.8. The first kappa shape index (κ1) is 19.4. The minimum absolute atomic E-state index is 0.196. The number of amides is 1. The molecule has 154 valence electrons. The summed E-state index contributed by atoms with van der Waals surface area (Å²) in [5.41, 5.74) is 0.177. The number of nitrogens with zero attached hydrogens (tertiary/aromatic N) is 3. The normalized spacial score (nSPS) is 14.9. The Bertz CT molecular complexity index is 1040. The van der Waals surface area contributed by atoms with Gasteiger partial charge in [-0.2, -0.15) is 0 Å². The van der Waals surface area contributed by atoms with Crippen LogP contribution in [0.15, 0.2) is 38.4 Å². The molecule has 29 heavy (non-hydrogen) atoms. The molecule has 3 aromatic rings. The Hall–Kier alpha value is -2.87. The molecule has 0 bridgehead atoms. The molecule has 0 spiro atoms. The van der Waals surface area contributed by atoms with Crippen molar-refractivity contribution in [3.8, 4) is 0 Å². The Morgan fingerprint density at radius 2 is 2.17 bits per heavy atom. The van der Waals surface area contributed by atoms with Crippen molar-refractivity contribution in [2.24, 2.45) is 7.05 Å². The second-order valence-corrected chi connectivity index (χ2v) is 7.62. The van der Waals surface area contributed by atoms with Gasteiger partial charge in [0.15, 0.2) is 0 Å². The third-order valence-electron chi connectivity index (χ3n) is 5.64. The van der Waals surface area contributed by atoms with Crippen LogP contribution in [0.25, 0.3) is 11.1 Å². The molecule has 1 aliphatic carbocycles. The maximum Gasteiger partial charge on any atom is 0.265 e. The fourth-order valence-electron chi connectivity index (χ4n) is 4.12. The van der Waals surface area contributed by atoms with Crippen molar-refractivity contribution in [1.29, 1.82) is 0 Å². The number of rotatable bonds is 7. The Labute approximate surface area is 168 Å². The lowest BCUT2D eigenvalue weighted by Gasteiger charge is -2.28. The predicted octanol–water partition coefficient (Wildman–Crippen LogP) is 2.60. The highest BCUT2D eigenvalue weighted by atomic mass is 16.3. The number of nitrogens with one attached hydrogen (secondary N) is 1. The maximum atomic E-state index is 12.8. The number of aromatic nitrogens is 2. The molecule has 1 amide bonds. The molecule has 1 fully saturated rings. The topological polar surface area (TPSA) is 93.5 Å². The van der Waals surface area contributed by atoms with Gasteiger partial charge in [0, 0.05) is 26.2 Å². The van der Waals surface area contributed by atoms with Crippen LogP contribution in [0.4, 0.5) is 0 Å². The van der Waals surface area contributed by atoms with Crippen LogP contribution < -0.4 is 10.9 Å². The molecule has 8 heteroatoms. The number of fused-ring (bicyclic) bond motifs is 1. The van der Waals surface area contributed by atoms with Gasteiger partial charge >= 0.3 is 0 Å². The highest BCUT2D eigenvalue weighted by Crippen LogP contribution is 2.25. The van der Waals surface area contributed by atoms with Gasteiger partial charge in [0.05, 0.1) is 18.4 Å². The van der Waals surface area contributed by atoms with E-state index in [1.807, 2.05) is 12.1 Å². The van der Waals surface area contributed by atoms with Gasteiger partial charge in [-0.3, -0.25) is 14.5 Å². The third-order valence-corrected chi connectivity index (χ3v) is 5.64. The van der Waals surface area contributed by atoms with Crippen LogP contribution in [0.2, 0.25) is 0 Å². The van der Waals surface area contributed by atoms with E-state index in [0.29, 0.717) is 24.9 Å². The quantitative estimate of drug-likeness (QED) is 0.658. The van der Waals surface area contributed by atoms with Crippen molar-refractivity contribution in [3.63, 3.8) is 0 Å². The van der Waals surface area contributed by atoms with Crippen molar-refractivity contribution < 1.29 is 13.6 Å². The first-order chi connectivity index (χ1) is 14.0. The second kappa shape index (κ2) is 8.24. The number of aryl methyl sites for hydroxylation is 2. The molecule has 4 rings (SSSR count). The van der Waals surface area contributed by atoms with E-state index in [0.717, 1.165) is 12.3 Å². The Morgan fingerprint density at radius 3 is 2.90 bits per heavy atom. The number of hydrogen-bond donors (Lipinski definition) is 1. The maximum absolute atomic E-state index is 12.8. The van der Waals surface area contributed by atoms with Gasteiger partial charge in [0.25, 0.3) is 11.5 Å². The first-order valence-corrected chi connectivity index (χ1v) is 10.0. The van der Waals surface area contributed by atoms with Crippen LogP contribution in [0.1, 0.15) is 47.6 Å². The van der Waals surface area contributed by atoms with E-state index in [-0.39, 0.29) is 28.1 Å². The molecule has 1 saturated carbocycles. The molecular weight excluding hydrogens is 372 g/mol. The Balaban J connectivity index is 1.46. The summed E-state index contributed by atoms with van der Waals surface area (Å²) in [5, 5.41) is 3.18. The van der Waals surface area contributed by atoms with E-state index in [4.69, 9.17) is 8.83 Å². The van der Waals surface area contributed by atoms with Crippen molar-refractivity contribution in [2.45, 2.75) is 45.2 Å². The lowest BCUT2D eigenvalue weighted by molar-refractivity contribution is 0.0941. The minimum Gasteiger partial charge on any atom is -0.468 e. The third kappa shape index (κ3) is 3.98. The molecule has 8 nitrogen and oxygen atoms in total. The zero-order valence-corrected chi connectivity index (χ0v) is 16.8. The molecule has 1 N–H and O–H groups in total. The fraction of sp³-hybridized carbons (Fsp3) is 0.476. The molecule has 3 heterocycles. The average molecular weight is 398 g/mol. The SMILES string of the molecule is Cc1oc2ncn(C)c(=O)c2c1C(=O)NCCN(Cc1ccco1)C1CCCC1. The van der Waals surface area contributed by atoms with Crippen LogP contribution in [-0.4, -0.2) is 39.5 Å². The molecule has 0 aliphatic heterocycles. The summed E-state index contributed by atoms with van der Waals surface area (Å²) in [7, 11) is 1.60. The molecule has 3 aromatic heterocycles. The molecule has 0 unspecified atom stereocenters. The second-order valence-electron chi connectivity index (χ2n) is 7.62. The van der Waals surface area contributed by atoms with Gasteiger partial charge in [-0.15, -0.1) is 0 Å². The van der Waals surface area contributed by atoms with Gasteiger partial charge in [0.2, 0.25) is 5.71 Å². The fourth-order valence-corrected chi connectivity index (χ4v) is 4.12. The van der Waals surface area contributed by atoms with Gasteiger partial charge in [-0.05, 0) is 31.9 Å². The van der Waals surface area contributed by atoms with Crippen LogP contribution in [0.5, 0.6) is 0 Å². The first-order valence-electron chi connectivity index (χ1n) is 10.0. The van der Waals surface area contributed by atoms with Crippen molar-refractivity contribution in [2.75, 3.05) is 13.1 Å². The van der Waals surface area contributed by atoms with E-state index in [1.54, 1.807) is 20.2 Å². The van der Waals surface area contributed by atoms with E-state index in [1.165, 1.54) is 36.6 Å². The summed E-state index contributed by atoms with van der Waals surface area (Å²) in [5.74, 6) is 1.02. The predicted molar refractivity (Wildman–Crippen MR) is 108 cm³/mol. The van der Waals surface area contributed by atoms with Crippen molar-refractivity contribution in [1.82, 2.24) is 19.8 Å². The van der Waals surface area contributed by atoms with Crippen LogP contribution >= 0.6 is 0 Å². The smallest absolute Gasteiger partial charge is 0.265 e. The van der Waals surface area contributed by atoms with E-state index >= 15 is 0 Å². The Kier molecular flexibility index (Phi) is 5.53. The van der Waals surface area contributed by atoms with E-state index < -0.39 is 0 Å². The summed E-state index contributed by atoms with van der Waals surface area (Å²) < 4.78 is 12.4. The standard InChI is InChI=1S/C21H26N4O4/c1-14-17(18-20(29-14)23-13-24(2)21(18)27)19(26)22-9-10-25(15-6-3-4-7-15)12-16-8-5-11-28-16/h5,8,11,13,15H,3-4,6-7,9-10,12H2,1-2H3,(H,22,26). The number of carbonyl (C=O) groups excluding carboxylic acids is 1. The summed E-state index contributed by atoms with van der Waals surface area (Å²) in [4.78, 5) is 31.8. The summed E-state index contributed by atoms with van der Waals surface area (Å²) in [6.07, 6.45) is 7.89. The molecule has 1 aliphatic rings. The molecule has 0 saturated heterocycles. The summed E-state index contributed by atoms with van der Waals surface area (Å²) in [6.45, 7) is 3.59. The number of carbonyl (C=O) groups is 1. The molecule has 0 aromatic carbocycles. The number of hydrogen-bond acceptors (Lipinski definition) is 6. The summed E-state index contributed by atoms with van der Waals surface area (Å²) >= 11 is 0. The van der Waals surface area contributed by atoms with Crippen LogP contribution in [0, 0.1) is 6.92 Å². The average Bonchev–Trinajstić information content (AvgIpc) is 3.44. The zero-order chi connectivity index (χ0) is 20.4. The van der Waals surface area contributed by atoms with Gasteiger partial charge in [-0.25, -0.2) is 4.98 Å². The summed E-state index contributed by atoms with van der Waals surface area (Å²) in [6, 6.07) is 4.38. The lowest BCUT2D eigenvalue weighted by Crippen LogP contribution is -2.39. The molecule has 0 radical (unpaired) electrons. The lowest BCUT2D eigenvalue weighted by atomic mass is 10.1. The van der Waals surface area contributed by atoms with Crippen molar-refractivity contribution >= 4 is 17.0 Å². The van der Waals surface area contributed by atoms with Crippen molar-refractivity contribution in [3.05, 3.63) is 52.2 Å². The Morgan fingerprint density at radius 1 is 1.38 bits per heavy atom. The van der Waals surface area contributed by atoms with Crippen LogP contribution in [0.3, 0.4) is 0 Å². The largest absolute Gasteiger partial charge is 0.468 e. The monoisotopic (exact) mass is 398 g/mol. The van der Waals surface area contributed by atoms with E-state index in [2.05, 4.69) is 15.2 Å². The van der Waals surface area contributed by atoms with Gasteiger partial charge in [0.1, 0.15) is 23.2 Å². The highest BCUT2D eigenvalue weighted by Gasteiger charge is 2.25. The van der Waals surface area contributed by atoms with E-state index in [9.17, 15) is 9.59 Å². The van der Waals surface area contributed by atoms with Gasteiger partial charge in [-0.1, -0.05) is 12.8 Å². The molecule has 0 atom stereocenters. The van der Waals surface area contributed by atoms with Gasteiger partial charge < -0.3 is 18.7 Å². The molecular formula is C21H26N4O4.